The van der Waals surface area contributed by atoms with Crippen molar-refractivity contribution in [1.82, 2.24) is 0 Å². The number of unbranched alkanes of at least 4 members (excludes halogenated alkanes) is 1. The van der Waals surface area contributed by atoms with Crippen molar-refractivity contribution < 1.29 is 19.0 Å². The Morgan fingerprint density at radius 2 is 1.83 bits per heavy atom. The van der Waals surface area contributed by atoms with E-state index in [0.717, 1.165) is 84.1 Å². The highest BCUT2D eigenvalue weighted by atomic mass is 16.5. The molecule has 36 heavy (non-hydrogen) atoms. The fourth-order valence-corrected chi connectivity index (χ4v) is 4.70. The molecule has 0 aliphatic heterocycles. The van der Waals surface area contributed by atoms with Crippen LogP contribution in [0, 0.1) is 11.3 Å². The van der Waals surface area contributed by atoms with E-state index >= 15 is 0 Å². The number of aldehydes is 1. The molecular formula is C31H31NO4. The zero-order valence-corrected chi connectivity index (χ0v) is 20.7. The summed E-state index contributed by atoms with van der Waals surface area (Å²) >= 11 is 0. The molecule has 0 amide bonds. The zero-order chi connectivity index (χ0) is 25.3. The molecule has 0 bridgehead atoms. The lowest BCUT2D eigenvalue weighted by Gasteiger charge is -2.17. The molecule has 0 unspecified atom stereocenters. The van der Waals surface area contributed by atoms with Crippen molar-refractivity contribution in [2.24, 2.45) is 0 Å². The Kier molecular flexibility index (Phi) is 8.41. The van der Waals surface area contributed by atoms with Gasteiger partial charge in [0.05, 0.1) is 30.6 Å². The second-order valence-electron chi connectivity index (χ2n) is 8.87. The molecule has 0 heterocycles. The summed E-state index contributed by atoms with van der Waals surface area (Å²) in [5.74, 6) is 2.04. The van der Waals surface area contributed by atoms with Crippen molar-refractivity contribution in [2.75, 3.05) is 13.7 Å². The van der Waals surface area contributed by atoms with E-state index in [4.69, 9.17) is 14.2 Å². The highest BCUT2D eigenvalue weighted by molar-refractivity contribution is 5.84. The lowest BCUT2D eigenvalue weighted by Crippen LogP contribution is -2.06. The van der Waals surface area contributed by atoms with E-state index in [9.17, 15) is 10.1 Å². The van der Waals surface area contributed by atoms with Gasteiger partial charge in [0, 0.05) is 18.1 Å². The van der Waals surface area contributed by atoms with Crippen molar-refractivity contribution in [3.05, 3.63) is 94.8 Å². The summed E-state index contributed by atoms with van der Waals surface area (Å²) in [4.78, 5) is 12.0. The molecule has 5 heteroatoms. The Hall–Kier alpha value is -4.04. The number of hydrogen-bond donors (Lipinski definition) is 0. The smallest absolute Gasteiger partial charge is 0.154 e. The zero-order valence-electron chi connectivity index (χ0n) is 20.7. The van der Waals surface area contributed by atoms with Crippen molar-refractivity contribution in [3.8, 4) is 28.7 Å². The van der Waals surface area contributed by atoms with Crippen LogP contribution in [0.25, 0.3) is 11.1 Å². The summed E-state index contributed by atoms with van der Waals surface area (Å²) in [7, 11) is 1.62. The molecule has 0 spiro atoms. The average molecular weight is 482 g/mol. The molecule has 4 rings (SSSR count). The number of methoxy groups -OCH3 is 1. The Balaban J connectivity index is 1.54. The molecule has 184 valence electrons. The van der Waals surface area contributed by atoms with Crippen LogP contribution >= 0.6 is 0 Å². The first kappa shape index (κ1) is 25.1. The van der Waals surface area contributed by atoms with E-state index in [1.807, 2.05) is 54.6 Å². The van der Waals surface area contributed by atoms with Gasteiger partial charge in [-0.2, -0.15) is 5.26 Å². The van der Waals surface area contributed by atoms with E-state index in [1.54, 1.807) is 7.11 Å². The molecule has 0 fully saturated rings. The van der Waals surface area contributed by atoms with Crippen LogP contribution in [0.2, 0.25) is 0 Å². The summed E-state index contributed by atoms with van der Waals surface area (Å²) in [5.41, 5.74) is 6.03. The highest BCUT2D eigenvalue weighted by Gasteiger charge is 2.24. The molecular weight excluding hydrogens is 450 g/mol. The molecule has 1 aliphatic carbocycles. The van der Waals surface area contributed by atoms with Crippen LogP contribution < -0.4 is 9.47 Å². The minimum Gasteiger partial charge on any atom is -0.502 e. The fraction of sp³-hybridized carbons (Fsp3) is 0.290. The second-order valence-corrected chi connectivity index (χ2v) is 8.87. The van der Waals surface area contributed by atoms with Crippen LogP contribution in [0.5, 0.6) is 11.5 Å². The number of benzene rings is 3. The largest absolute Gasteiger partial charge is 0.502 e. The van der Waals surface area contributed by atoms with Gasteiger partial charge in [-0.25, -0.2) is 0 Å². The van der Waals surface area contributed by atoms with Gasteiger partial charge in [-0.3, -0.25) is 4.79 Å². The maximum Gasteiger partial charge on any atom is 0.154 e. The van der Waals surface area contributed by atoms with Crippen LogP contribution in [0.15, 0.2) is 66.9 Å². The number of rotatable bonds is 12. The van der Waals surface area contributed by atoms with Gasteiger partial charge < -0.3 is 14.2 Å². The molecule has 0 saturated heterocycles. The molecule has 3 aromatic carbocycles. The monoisotopic (exact) mass is 481 g/mol. The normalized spacial score (nSPS) is 11.9. The van der Waals surface area contributed by atoms with Crippen LogP contribution in [0.4, 0.5) is 0 Å². The third kappa shape index (κ3) is 5.60. The van der Waals surface area contributed by atoms with Gasteiger partial charge in [0.2, 0.25) is 0 Å². The SMILES string of the molecule is C=C(CCCCOc1cc(OCc2cccc(-c3ccccc3)c2C#N)c2c(c1C=O)CCC2)OC. The first-order chi connectivity index (χ1) is 17.7. The van der Waals surface area contributed by atoms with Gasteiger partial charge >= 0.3 is 0 Å². The molecule has 3 aromatic rings. The van der Waals surface area contributed by atoms with Crippen molar-refractivity contribution in [2.45, 2.75) is 45.1 Å². The number of allylic oxidation sites excluding steroid dienone is 1. The van der Waals surface area contributed by atoms with Gasteiger partial charge in [-0.05, 0) is 54.4 Å². The Bertz CT molecular complexity index is 1270. The minimum absolute atomic E-state index is 0.259. The van der Waals surface area contributed by atoms with Crippen molar-refractivity contribution >= 4 is 6.29 Å². The second kappa shape index (κ2) is 12.1. The molecule has 1 aliphatic rings. The number of carbonyl (C=O) groups is 1. The first-order valence-electron chi connectivity index (χ1n) is 12.3. The van der Waals surface area contributed by atoms with E-state index in [0.29, 0.717) is 23.5 Å². The summed E-state index contributed by atoms with van der Waals surface area (Å²) in [6.45, 7) is 4.59. The highest BCUT2D eigenvalue weighted by Crippen LogP contribution is 2.39. The van der Waals surface area contributed by atoms with Gasteiger partial charge in [0.1, 0.15) is 24.2 Å². The predicted octanol–water partition coefficient (Wildman–Crippen LogP) is 6.81. The Morgan fingerprint density at radius 3 is 2.58 bits per heavy atom. The van der Waals surface area contributed by atoms with E-state index in [2.05, 4.69) is 12.6 Å². The number of ether oxygens (including phenoxy) is 3. The lowest BCUT2D eigenvalue weighted by molar-refractivity contribution is 0.111. The maximum absolute atomic E-state index is 12.0. The average Bonchev–Trinajstić information content (AvgIpc) is 3.41. The lowest BCUT2D eigenvalue weighted by atomic mass is 9.96. The Labute approximate surface area is 212 Å². The van der Waals surface area contributed by atoms with E-state index in [-0.39, 0.29) is 6.61 Å². The third-order valence-corrected chi connectivity index (χ3v) is 6.61. The van der Waals surface area contributed by atoms with Gasteiger partial charge in [-0.1, -0.05) is 55.1 Å². The van der Waals surface area contributed by atoms with Crippen LogP contribution in [0.3, 0.4) is 0 Å². The molecule has 0 saturated carbocycles. The van der Waals surface area contributed by atoms with E-state index in [1.165, 1.54) is 0 Å². The summed E-state index contributed by atoms with van der Waals surface area (Å²) in [6.07, 6.45) is 6.06. The van der Waals surface area contributed by atoms with Crippen LogP contribution in [-0.4, -0.2) is 20.0 Å². The molecule has 0 radical (unpaired) electrons. The molecule has 0 aromatic heterocycles. The number of nitrogens with zero attached hydrogens (tertiary/aromatic N) is 1. The van der Waals surface area contributed by atoms with Crippen molar-refractivity contribution in [1.29, 1.82) is 5.26 Å². The quantitative estimate of drug-likeness (QED) is 0.161. The number of fused-ring (bicyclic) bond motifs is 1. The van der Waals surface area contributed by atoms with E-state index < -0.39 is 0 Å². The van der Waals surface area contributed by atoms with Gasteiger partial charge in [0.15, 0.2) is 6.29 Å². The van der Waals surface area contributed by atoms with Crippen LogP contribution in [0.1, 0.15) is 58.3 Å². The first-order valence-corrected chi connectivity index (χ1v) is 12.3. The van der Waals surface area contributed by atoms with Crippen molar-refractivity contribution in [3.63, 3.8) is 0 Å². The number of nitriles is 1. The maximum atomic E-state index is 12.0. The third-order valence-electron chi connectivity index (χ3n) is 6.61. The number of carbonyl (C=O) groups excluding carboxylic acids is 1. The predicted molar refractivity (Wildman–Crippen MR) is 140 cm³/mol. The fourth-order valence-electron chi connectivity index (χ4n) is 4.70. The molecule has 0 N–H and O–H groups in total. The Morgan fingerprint density at radius 1 is 1.03 bits per heavy atom. The molecule has 5 nitrogen and oxygen atoms in total. The minimum atomic E-state index is 0.259. The van der Waals surface area contributed by atoms with Gasteiger partial charge in [-0.15, -0.1) is 0 Å². The topological polar surface area (TPSA) is 68.5 Å². The summed E-state index contributed by atoms with van der Waals surface area (Å²) in [6, 6.07) is 19.9. The standard InChI is InChI=1S/C31H31NO4/c1-22(34-2)10-6-7-17-35-31-18-30(27-16-9-15-26(27)29(31)20-33)36-21-24-13-8-14-25(28(24)19-32)23-11-4-3-5-12-23/h3-5,8,11-14,18,20H,1,6-7,9-10,15-17,21H2,2H3. The van der Waals surface area contributed by atoms with Gasteiger partial charge in [0.25, 0.3) is 0 Å². The molecule has 0 atom stereocenters. The number of hydrogen-bond acceptors (Lipinski definition) is 5. The van der Waals surface area contributed by atoms with Crippen LogP contribution in [-0.2, 0) is 24.2 Å². The summed E-state index contributed by atoms with van der Waals surface area (Å²) in [5, 5.41) is 9.94. The summed E-state index contributed by atoms with van der Waals surface area (Å²) < 4.78 is 17.5.